The number of aromatic carboxylic acids is 1. The summed E-state index contributed by atoms with van der Waals surface area (Å²) >= 11 is 5.79. The van der Waals surface area contributed by atoms with Crippen LogP contribution < -0.4 is 0 Å². The fourth-order valence-corrected chi connectivity index (χ4v) is 1.56. The summed E-state index contributed by atoms with van der Waals surface area (Å²) in [5.74, 6) is -1.27. The van der Waals surface area contributed by atoms with Crippen molar-refractivity contribution >= 4 is 28.5 Å². The van der Waals surface area contributed by atoms with Gasteiger partial charge in [0.05, 0.1) is 11.9 Å². The largest absolute Gasteiger partial charge is 0.478 e. The van der Waals surface area contributed by atoms with E-state index in [0.717, 1.165) is 0 Å². The quantitative estimate of drug-likeness (QED) is 0.812. The SMILES string of the molecule is [2H]c1nc2c(C(=O)O)c(Cl)ccc2cc1C([2H])([2H])[2H]. The Hall–Kier alpha value is -1.61. The number of aromatic nitrogens is 1. The normalized spacial score (nSPS) is 15.3. The summed E-state index contributed by atoms with van der Waals surface area (Å²) in [4.78, 5) is 14.9. The van der Waals surface area contributed by atoms with Crippen molar-refractivity contribution in [2.24, 2.45) is 0 Å². The average molecular weight is 226 g/mol. The highest BCUT2D eigenvalue weighted by molar-refractivity contribution is 6.35. The smallest absolute Gasteiger partial charge is 0.339 e. The number of pyridine rings is 1. The molecule has 0 spiro atoms. The van der Waals surface area contributed by atoms with Gasteiger partial charge >= 0.3 is 5.97 Å². The number of benzene rings is 1. The molecule has 1 heterocycles. The molecule has 0 amide bonds. The molecule has 4 heteroatoms. The van der Waals surface area contributed by atoms with Crippen LogP contribution in [0.2, 0.25) is 5.02 Å². The molecule has 0 aliphatic heterocycles. The van der Waals surface area contributed by atoms with Crippen molar-refractivity contribution in [2.75, 3.05) is 0 Å². The molecule has 0 fully saturated rings. The van der Waals surface area contributed by atoms with Gasteiger partial charge in [0.25, 0.3) is 0 Å². The second-order valence-electron chi connectivity index (χ2n) is 2.95. The Balaban J connectivity index is 2.85. The van der Waals surface area contributed by atoms with Crippen LogP contribution in [0.15, 0.2) is 24.4 Å². The molecule has 2 rings (SSSR count). The van der Waals surface area contributed by atoms with Crippen molar-refractivity contribution < 1.29 is 15.4 Å². The van der Waals surface area contributed by atoms with E-state index < -0.39 is 19.0 Å². The second kappa shape index (κ2) is 3.51. The Morgan fingerprint density at radius 1 is 1.67 bits per heavy atom. The molecule has 0 radical (unpaired) electrons. The van der Waals surface area contributed by atoms with Crippen LogP contribution in [-0.4, -0.2) is 16.1 Å². The standard InChI is InChI=1S/C11H8ClNO2/c1-6-4-7-2-3-8(12)9(11(14)15)10(7)13-5-6/h2-5H,1H3,(H,14,15)/i1D3,5D. The fourth-order valence-electron chi connectivity index (χ4n) is 1.33. The highest BCUT2D eigenvalue weighted by Gasteiger charge is 2.14. The van der Waals surface area contributed by atoms with E-state index in [1.807, 2.05) is 0 Å². The van der Waals surface area contributed by atoms with Crippen LogP contribution in [-0.2, 0) is 0 Å². The van der Waals surface area contributed by atoms with Crippen molar-refractivity contribution in [3.05, 3.63) is 40.5 Å². The molecule has 1 aromatic carbocycles. The zero-order chi connectivity index (χ0) is 14.4. The Morgan fingerprint density at radius 2 is 2.47 bits per heavy atom. The Morgan fingerprint density at radius 3 is 3.13 bits per heavy atom. The van der Waals surface area contributed by atoms with Gasteiger partial charge in [-0.05, 0) is 24.5 Å². The maximum atomic E-state index is 11.1. The zero-order valence-corrected chi connectivity index (χ0v) is 8.17. The van der Waals surface area contributed by atoms with Crippen molar-refractivity contribution in [2.45, 2.75) is 6.85 Å². The van der Waals surface area contributed by atoms with Crippen LogP contribution in [0, 0.1) is 6.85 Å². The zero-order valence-electron chi connectivity index (χ0n) is 11.4. The van der Waals surface area contributed by atoms with Gasteiger partial charge in [-0.3, -0.25) is 4.98 Å². The summed E-state index contributed by atoms with van der Waals surface area (Å²) in [5.41, 5.74) is -0.443. The first-order valence-electron chi connectivity index (χ1n) is 6.05. The number of carboxylic acids is 1. The first kappa shape index (κ1) is 6.08. The highest BCUT2D eigenvalue weighted by atomic mass is 35.5. The molecule has 0 saturated carbocycles. The van der Waals surface area contributed by atoms with Crippen LogP contribution in [0.5, 0.6) is 0 Å². The third-order valence-electron chi connectivity index (χ3n) is 1.96. The van der Waals surface area contributed by atoms with Crippen molar-refractivity contribution in [3.63, 3.8) is 0 Å². The number of aryl methyl sites for hydroxylation is 1. The van der Waals surface area contributed by atoms with Crippen LogP contribution >= 0.6 is 11.6 Å². The molecule has 0 atom stereocenters. The van der Waals surface area contributed by atoms with Gasteiger partial charge in [-0.25, -0.2) is 4.79 Å². The van der Waals surface area contributed by atoms with Crippen molar-refractivity contribution in [1.29, 1.82) is 0 Å². The van der Waals surface area contributed by atoms with Crippen LogP contribution in [0.3, 0.4) is 0 Å². The van der Waals surface area contributed by atoms with E-state index in [4.69, 9.17) is 22.2 Å². The van der Waals surface area contributed by atoms with Crippen LogP contribution in [0.25, 0.3) is 10.9 Å². The third kappa shape index (κ3) is 1.66. The molecule has 76 valence electrons. The number of hydrogen-bond acceptors (Lipinski definition) is 2. The lowest BCUT2D eigenvalue weighted by Gasteiger charge is -2.04. The molecule has 0 saturated heterocycles. The van der Waals surface area contributed by atoms with Crippen LogP contribution in [0.1, 0.15) is 21.4 Å². The Labute approximate surface area is 96.9 Å². The first-order chi connectivity index (χ1) is 8.71. The molecule has 15 heavy (non-hydrogen) atoms. The number of carbonyl (C=O) groups is 1. The number of halogens is 1. The minimum Gasteiger partial charge on any atom is -0.478 e. The van der Waals surface area contributed by atoms with Gasteiger partial charge in [-0.2, -0.15) is 0 Å². The van der Waals surface area contributed by atoms with Crippen LogP contribution in [0.4, 0.5) is 0 Å². The fraction of sp³-hybridized carbons (Fsp3) is 0.0909. The molecule has 2 aromatic rings. The number of carboxylic acid groups (broad SMARTS) is 1. The monoisotopic (exact) mass is 225 g/mol. The van der Waals surface area contributed by atoms with E-state index in [1.54, 1.807) is 0 Å². The van der Waals surface area contributed by atoms with Crippen molar-refractivity contribution in [3.8, 4) is 0 Å². The number of nitrogens with zero attached hydrogens (tertiary/aromatic N) is 1. The molecule has 1 N–H and O–H groups in total. The average Bonchev–Trinajstić information content (AvgIpc) is 2.25. The van der Waals surface area contributed by atoms with Gasteiger partial charge < -0.3 is 5.11 Å². The predicted molar refractivity (Wildman–Crippen MR) is 58.4 cm³/mol. The maximum absolute atomic E-state index is 11.1. The highest BCUT2D eigenvalue weighted by Crippen LogP contribution is 2.24. The summed E-state index contributed by atoms with van der Waals surface area (Å²) < 4.78 is 29.5. The Bertz CT molecular complexity index is 684. The maximum Gasteiger partial charge on any atom is 0.339 e. The number of rotatable bonds is 1. The molecule has 0 aliphatic carbocycles. The lowest BCUT2D eigenvalue weighted by molar-refractivity contribution is 0.0699. The van der Waals surface area contributed by atoms with Crippen molar-refractivity contribution in [1.82, 2.24) is 4.98 Å². The molecular weight excluding hydrogens is 214 g/mol. The van der Waals surface area contributed by atoms with Gasteiger partial charge in [0.1, 0.15) is 5.56 Å². The summed E-state index contributed by atoms with van der Waals surface area (Å²) in [6.45, 7) is -2.47. The summed E-state index contributed by atoms with van der Waals surface area (Å²) in [6, 6.07) is 4.09. The molecule has 1 aromatic heterocycles. The van der Waals surface area contributed by atoms with E-state index >= 15 is 0 Å². The summed E-state index contributed by atoms with van der Waals surface area (Å²) in [5, 5.41) is 9.40. The third-order valence-corrected chi connectivity index (χ3v) is 2.28. The van der Waals surface area contributed by atoms with E-state index in [9.17, 15) is 4.79 Å². The Kier molecular flexibility index (Phi) is 1.42. The predicted octanol–water partition coefficient (Wildman–Crippen LogP) is 2.89. The summed E-state index contributed by atoms with van der Waals surface area (Å²) in [6.07, 6.45) is -0.475. The molecule has 0 bridgehead atoms. The second-order valence-corrected chi connectivity index (χ2v) is 3.35. The molecule has 0 aliphatic rings. The number of fused-ring (bicyclic) bond motifs is 1. The van der Waals surface area contributed by atoms with E-state index in [1.165, 1.54) is 18.2 Å². The molecule has 0 unspecified atom stereocenters. The van der Waals surface area contributed by atoms with E-state index in [0.29, 0.717) is 5.39 Å². The number of hydrogen-bond donors (Lipinski definition) is 1. The molecular formula is C11H8ClNO2. The van der Waals surface area contributed by atoms with Gasteiger partial charge in [0.2, 0.25) is 0 Å². The lowest BCUT2D eigenvalue weighted by atomic mass is 10.1. The molecule has 3 nitrogen and oxygen atoms in total. The van der Waals surface area contributed by atoms with Gasteiger partial charge in [0.15, 0.2) is 0 Å². The first-order valence-corrected chi connectivity index (χ1v) is 4.43. The van der Waals surface area contributed by atoms with E-state index in [-0.39, 0.29) is 21.7 Å². The lowest BCUT2D eigenvalue weighted by Crippen LogP contribution is -2.00. The van der Waals surface area contributed by atoms with Gasteiger partial charge in [0, 0.05) is 15.7 Å². The van der Waals surface area contributed by atoms with Gasteiger partial charge in [-0.15, -0.1) is 0 Å². The minimum atomic E-state index is -2.47. The summed E-state index contributed by atoms with van der Waals surface area (Å²) in [7, 11) is 0. The van der Waals surface area contributed by atoms with Gasteiger partial charge in [-0.1, -0.05) is 17.7 Å². The minimum absolute atomic E-state index is 0.00599. The van der Waals surface area contributed by atoms with E-state index in [2.05, 4.69) is 4.98 Å². The topological polar surface area (TPSA) is 50.2 Å².